The van der Waals surface area contributed by atoms with Crippen LogP contribution in [0.15, 0.2) is 24.3 Å². The number of benzene rings is 1. The van der Waals surface area contributed by atoms with Gasteiger partial charge in [0.1, 0.15) is 0 Å². The summed E-state index contributed by atoms with van der Waals surface area (Å²) in [5.74, 6) is 0.994. The highest BCUT2D eigenvalue weighted by atomic mass is 32.2. The lowest BCUT2D eigenvalue weighted by molar-refractivity contribution is 0.0765. The fourth-order valence-corrected chi connectivity index (χ4v) is 2.54. The summed E-state index contributed by atoms with van der Waals surface area (Å²) < 4.78 is 0. The van der Waals surface area contributed by atoms with Crippen LogP contribution in [0, 0.1) is 0 Å². The molecule has 1 aliphatic heterocycles. The van der Waals surface area contributed by atoms with Gasteiger partial charge in [-0.3, -0.25) is 4.79 Å². The third-order valence-corrected chi connectivity index (χ3v) is 3.58. The molecule has 17 heavy (non-hydrogen) atoms. The van der Waals surface area contributed by atoms with Gasteiger partial charge in [-0.25, -0.2) is 0 Å². The van der Waals surface area contributed by atoms with Crippen LogP contribution in [-0.2, 0) is 5.75 Å². The standard InChI is InChI=1S/C13H17NO2S/c1-17-9-10-2-4-11(5-3-10)13(16)14-7-6-12(15)8-14/h2-5,12,15H,6-9H2,1H3/t12-/m0/s1. The molecule has 1 aromatic carbocycles. The van der Waals surface area contributed by atoms with E-state index >= 15 is 0 Å². The van der Waals surface area contributed by atoms with E-state index < -0.39 is 0 Å². The third-order valence-electron chi connectivity index (χ3n) is 2.96. The van der Waals surface area contributed by atoms with Crippen LogP contribution in [0.25, 0.3) is 0 Å². The fourth-order valence-electron chi connectivity index (χ4n) is 2.02. The Bertz CT molecular complexity index is 391. The number of likely N-dealkylation sites (tertiary alicyclic amines) is 1. The van der Waals surface area contributed by atoms with Crippen molar-refractivity contribution in [1.29, 1.82) is 0 Å². The molecule has 1 amide bonds. The van der Waals surface area contributed by atoms with Crippen LogP contribution in [-0.4, -0.2) is 41.4 Å². The van der Waals surface area contributed by atoms with Gasteiger partial charge in [0.15, 0.2) is 0 Å². The highest BCUT2D eigenvalue weighted by molar-refractivity contribution is 7.97. The highest BCUT2D eigenvalue weighted by Gasteiger charge is 2.25. The van der Waals surface area contributed by atoms with E-state index in [-0.39, 0.29) is 12.0 Å². The van der Waals surface area contributed by atoms with Crippen LogP contribution in [0.5, 0.6) is 0 Å². The van der Waals surface area contributed by atoms with Gasteiger partial charge < -0.3 is 10.0 Å². The number of aliphatic hydroxyl groups excluding tert-OH is 1. The Morgan fingerprint density at radius 3 is 2.71 bits per heavy atom. The van der Waals surface area contributed by atoms with E-state index in [0.29, 0.717) is 25.1 Å². The normalized spacial score (nSPS) is 19.6. The summed E-state index contributed by atoms with van der Waals surface area (Å²) in [5.41, 5.74) is 1.94. The molecular weight excluding hydrogens is 234 g/mol. The topological polar surface area (TPSA) is 40.5 Å². The van der Waals surface area contributed by atoms with Gasteiger partial charge in [-0.1, -0.05) is 12.1 Å². The number of hydrogen-bond acceptors (Lipinski definition) is 3. The first-order chi connectivity index (χ1) is 8.20. The Morgan fingerprint density at radius 1 is 1.47 bits per heavy atom. The third kappa shape index (κ3) is 3.01. The van der Waals surface area contributed by atoms with Crippen LogP contribution < -0.4 is 0 Å². The van der Waals surface area contributed by atoms with E-state index in [9.17, 15) is 9.90 Å². The van der Waals surface area contributed by atoms with Crippen molar-refractivity contribution in [3.05, 3.63) is 35.4 Å². The van der Waals surface area contributed by atoms with Gasteiger partial charge in [0.05, 0.1) is 6.10 Å². The number of aliphatic hydroxyl groups is 1. The fraction of sp³-hybridized carbons (Fsp3) is 0.462. The number of β-amino-alcohol motifs (C(OH)–C–C–N with tert-alkyl or cyclic N) is 1. The maximum atomic E-state index is 12.1. The highest BCUT2D eigenvalue weighted by Crippen LogP contribution is 2.15. The monoisotopic (exact) mass is 251 g/mol. The lowest BCUT2D eigenvalue weighted by Crippen LogP contribution is -2.29. The van der Waals surface area contributed by atoms with Crippen molar-refractivity contribution in [3.63, 3.8) is 0 Å². The van der Waals surface area contributed by atoms with Gasteiger partial charge in [-0.2, -0.15) is 11.8 Å². The molecule has 0 spiro atoms. The first kappa shape index (κ1) is 12.5. The lowest BCUT2D eigenvalue weighted by atomic mass is 10.1. The Labute approximate surface area is 106 Å². The molecule has 1 fully saturated rings. The number of rotatable bonds is 3. The van der Waals surface area contributed by atoms with Gasteiger partial charge in [-0.15, -0.1) is 0 Å². The zero-order valence-electron chi connectivity index (χ0n) is 9.93. The van der Waals surface area contributed by atoms with E-state index in [1.807, 2.05) is 24.3 Å². The summed E-state index contributed by atoms with van der Waals surface area (Å²) in [4.78, 5) is 13.8. The number of carbonyl (C=O) groups is 1. The predicted octanol–water partition coefficient (Wildman–Crippen LogP) is 1.76. The predicted molar refractivity (Wildman–Crippen MR) is 70.2 cm³/mol. The Hall–Kier alpha value is -1.00. The zero-order chi connectivity index (χ0) is 12.3. The molecule has 4 heteroatoms. The van der Waals surface area contributed by atoms with E-state index in [0.717, 1.165) is 5.75 Å². The molecule has 1 atom stereocenters. The summed E-state index contributed by atoms with van der Waals surface area (Å²) in [7, 11) is 0. The quantitative estimate of drug-likeness (QED) is 0.890. The molecule has 0 aromatic heterocycles. The van der Waals surface area contributed by atoms with Gasteiger partial charge in [0, 0.05) is 24.4 Å². The average molecular weight is 251 g/mol. The second kappa shape index (κ2) is 5.56. The Balaban J connectivity index is 2.04. The number of hydrogen-bond donors (Lipinski definition) is 1. The molecule has 1 aliphatic rings. The molecule has 0 saturated carbocycles. The smallest absolute Gasteiger partial charge is 0.253 e. The number of amides is 1. The van der Waals surface area contributed by atoms with Crippen molar-refractivity contribution >= 4 is 17.7 Å². The molecule has 1 saturated heterocycles. The largest absolute Gasteiger partial charge is 0.391 e. The molecule has 92 valence electrons. The molecule has 0 aliphatic carbocycles. The van der Waals surface area contributed by atoms with Crippen molar-refractivity contribution in [3.8, 4) is 0 Å². The minimum atomic E-state index is -0.352. The van der Waals surface area contributed by atoms with Crippen molar-refractivity contribution in [2.75, 3.05) is 19.3 Å². The SMILES string of the molecule is CSCc1ccc(C(=O)N2CC[C@H](O)C2)cc1. The minimum Gasteiger partial charge on any atom is -0.391 e. The second-order valence-corrected chi connectivity index (χ2v) is 5.19. The van der Waals surface area contributed by atoms with Crippen LogP contribution in [0.3, 0.4) is 0 Å². The summed E-state index contributed by atoms with van der Waals surface area (Å²) in [6.07, 6.45) is 2.40. The van der Waals surface area contributed by atoms with Crippen molar-refractivity contribution in [1.82, 2.24) is 4.90 Å². The molecule has 1 N–H and O–H groups in total. The van der Waals surface area contributed by atoms with Crippen LogP contribution in [0.4, 0.5) is 0 Å². The first-order valence-electron chi connectivity index (χ1n) is 5.76. The van der Waals surface area contributed by atoms with Crippen molar-refractivity contribution in [2.24, 2.45) is 0 Å². The maximum Gasteiger partial charge on any atom is 0.253 e. The summed E-state index contributed by atoms with van der Waals surface area (Å²) in [5, 5.41) is 9.41. The van der Waals surface area contributed by atoms with Crippen LogP contribution in [0.2, 0.25) is 0 Å². The average Bonchev–Trinajstić information content (AvgIpc) is 2.76. The molecule has 1 heterocycles. The summed E-state index contributed by atoms with van der Waals surface area (Å²) in [6, 6.07) is 7.74. The van der Waals surface area contributed by atoms with E-state index in [2.05, 4.69) is 6.26 Å². The summed E-state index contributed by atoms with van der Waals surface area (Å²) >= 11 is 1.77. The maximum absolute atomic E-state index is 12.1. The van der Waals surface area contributed by atoms with E-state index in [1.54, 1.807) is 16.7 Å². The minimum absolute atomic E-state index is 0.0252. The number of thioether (sulfide) groups is 1. The number of carbonyl (C=O) groups excluding carboxylic acids is 1. The van der Waals surface area contributed by atoms with Crippen molar-refractivity contribution < 1.29 is 9.90 Å². The van der Waals surface area contributed by atoms with E-state index in [4.69, 9.17) is 0 Å². The second-order valence-electron chi connectivity index (χ2n) is 4.32. The molecule has 0 unspecified atom stereocenters. The Kier molecular flexibility index (Phi) is 4.07. The zero-order valence-corrected chi connectivity index (χ0v) is 10.7. The number of nitrogens with zero attached hydrogens (tertiary/aromatic N) is 1. The van der Waals surface area contributed by atoms with Gasteiger partial charge in [0.2, 0.25) is 0 Å². The Morgan fingerprint density at radius 2 is 2.18 bits per heavy atom. The molecule has 1 aromatic rings. The van der Waals surface area contributed by atoms with E-state index in [1.165, 1.54) is 5.56 Å². The molecule has 0 radical (unpaired) electrons. The molecule has 3 nitrogen and oxygen atoms in total. The molecular formula is C13H17NO2S. The molecule has 2 rings (SSSR count). The molecule has 0 bridgehead atoms. The summed E-state index contributed by atoms with van der Waals surface area (Å²) in [6.45, 7) is 1.12. The van der Waals surface area contributed by atoms with Crippen LogP contribution in [0.1, 0.15) is 22.3 Å². The van der Waals surface area contributed by atoms with Crippen molar-refractivity contribution in [2.45, 2.75) is 18.3 Å². The van der Waals surface area contributed by atoms with Gasteiger partial charge in [-0.05, 0) is 30.4 Å². The first-order valence-corrected chi connectivity index (χ1v) is 7.15. The van der Waals surface area contributed by atoms with Gasteiger partial charge in [0.25, 0.3) is 5.91 Å². The lowest BCUT2D eigenvalue weighted by Gasteiger charge is -2.15. The van der Waals surface area contributed by atoms with Gasteiger partial charge >= 0.3 is 0 Å². The van der Waals surface area contributed by atoms with Crippen LogP contribution >= 0.6 is 11.8 Å².